The number of nitrogens with zero attached hydrogens (tertiary/aromatic N) is 2. The summed E-state index contributed by atoms with van der Waals surface area (Å²) in [5.41, 5.74) is 4.00. The van der Waals surface area contributed by atoms with E-state index in [9.17, 15) is 4.79 Å². The van der Waals surface area contributed by atoms with Gasteiger partial charge >= 0.3 is 0 Å². The molecule has 0 radical (unpaired) electrons. The molecule has 4 nitrogen and oxygen atoms in total. The number of nitrogens with one attached hydrogen (secondary N) is 1. The van der Waals surface area contributed by atoms with Crippen LogP contribution in [0.15, 0.2) is 48.5 Å². The fraction of sp³-hybridized carbons (Fsp3) is 0.409. The largest absolute Gasteiger partial charge is 0.372 e. The summed E-state index contributed by atoms with van der Waals surface area (Å²) in [6.07, 6.45) is 2.53. The molecule has 1 heterocycles. The third-order valence-corrected chi connectivity index (χ3v) is 5.11. The van der Waals surface area contributed by atoms with Crippen LogP contribution in [0.3, 0.4) is 0 Å². The molecule has 0 saturated carbocycles. The summed E-state index contributed by atoms with van der Waals surface area (Å²) < 4.78 is 0. The van der Waals surface area contributed by atoms with Crippen LogP contribution in [0.2, 0.25) is 0 Å². The fourth-order valence-electron chi connectivity index (χ4n) is 3.40. The first-order valence-corrected chi connectivity index (χ1v) is 9.67. The van der Waals surface area contributed by atoms with Crippen molar-refractivity contribution in [3.8, 4) is 0 Å². The lowest BCUT2D eigenvalue weighted by Crippen LogP contribution is -2.22. The third kappa shape index (κ3) is 4.64. The lowest BCUT2D eigenvalue weighted by Gasteiger charge is -2.18. The van der Waals surface area contributed by atoms with Crippen LogP contribution in [0.5, 0.6) is 0 Å². The molecule has 138 valence electrons. The molecule has 0 aliphatic carbocycles. The van der Waals surface area contributed by atoms with E-state index >= 15 is 0 Å². The van der Waals surface area contributed by atoms with Crippen molar-refractivity contribution in [1.29, 1.82) is 0 Å². The second-order valence-electron chi connectivity index (χ2n) is 6.85. The number of benzene rings is 2. The van der Waals surface area contributed by atoms with Gasteiger partial charge in [-0.1, -0.05) is 26.0 Å². The first-order chi connectivity index (χ1) is 12.7. The van der Waals surface area contributed by atoms with Gasteiger partial charge in [0, 0.05) is 36.6 Å². The second kappa shape index (κ2) is 8.86. The van der Waals surface area contributed by atoms with Crippen LogP contribution in [0.1, 0.15) is 42.6 Å². The van der Waals surface area contributed by atoms with Gasteiger partial charge in [0.15, 0.2) is 0 Å². The van der Waals surface area contributed by atoms with E-state index in [1.54, 1.807) is 0 Å². The van der Waals surface area contributed by atoms with E-state index in [-0.39, 0.29) is 5.91 Å². The van der Waals surface area contributed by atoms with Crippen LogP contribution in [-0.2, 0) is 6.54 Å². The molecule has 0 unspecified atom stereocenters. The highest BCUT2D eigenvalue weighted by molar-refractivity contribution is 6.04. The number of carbonyl (C=O) groups is 1. The van der Waals surface area contributed by atoms with Gasteiger partial charge in [-0.25, -0.2) is 0 Å². The van der Waals surface area contributed by atoms with Crippen molar-refractivity contribution in [2.45, 2.75) is 33.2 Å². The van der Waals surface area contributed by atoms with Gasteiger partial charge in [0.1, 0.15) is 0 Å². The first kappa shape index (κ1) is 18.5. The predicted octanol–water partition coefficient (Wildman–Crippen LogP) is 4.38. The Morgan fingerprint density at radius 3 is 2.15 bits per heavy atom. The summed E-state index contributed by atoms with van der Waals surface area (Å²) in [6, 6.07) is 16.1. The summed E-state index contributed by atoms with van der Waals surface area (Å²) >= 11 is 0. The molecule has 2 aromatic rings. The van der Waals surface area contributed by atoms with Gasteiger partial charge in [0.25, 0.3) is 5.91 Å². The van der Waals surface area contributed by atoms with Crippen LogP contribution in [0, 0.1) is 0 Å². The molecule has 0 bridgehead atoms. The van der Waals surface area contributed by atoms with E-state index in [1.807, 2.05) is 36.4 Å². The molecular formula is C22H29N3O. The number of hydrogen-bond acceptors (Lipinski definition) is 3. The minimum atomic E-state index is -0.0617. The summed E-state index contributed by atoms with van der Waals surface area (Å²) in [5.74, 6) is -0.0617. The summed E-state index contributed by atoms with van der Waals surface area (Å²) in [6.45, 7) is 9.59. The molecule has 26 heavy (non-hydrogen) atoms. The van der Waals surface area contributed by atoms with Crippen molar-refractivity contribution in [2.24, 2.45) is 0 Å². The summed E-state index contributed by atoms with van der Waals surface area (Å²) in [7, 11) is 0. The summed E-state index contributed by atoms with van der Waals surface area (Å²) in [4.78, 5) is 17.2. The molecule has 1 aliphatic rings. The van der Waals surface area contributed by atoms with Gasteiger partial charge < -0.3 is 10.2 Å². The zero-order valence-corrected chi connectivity index (χ0v) is 15.9. The molecule has 3 rings (SSSR count). The highest BCUT2D eigenvalue weighted by Crippen LogP contribution is 2.22. The third-order valence-electron chi connectivity index (χ3n) is 5.11. The first-order valence-electron chi connectivity index (χ1n) is 9.67. The van der Waals surface area contributed by atoms with Gasteiger partial charge in [0.2, 0.25) is 0 Å². The molecule has 1 N–H and O–H groups in total. The predicted molar refractivity (Wildman–Crippen MR) is 109 cm³/mol. The van der Waals surface area contributed by atoms with Crippen LogP contribution < -0.4 is 10.2 Å². The molecule has 1 fully saturated rings. The molecular weight excluding hydrogens is 322 g/mol. The van der Waals surface area contributed by atoms with Crippen LogP contribution in [0.4, 0.5) is 11.4 Å². The van der Waals surface area contributed by atoms with Crippen molar-refractivity contribution in [1.82, 2.24) is 4.90 Å². The molecule has 0 atom stereocenters. The Morgan fingerprint density at radius 1 is 0.962 bits per heavy atom. The van der Waals surface area contributed by atoms with Crippen LogP contribution in [-0.4, -0.2) is 37.0 Å². The lowest BCUT2D eigenvalue weighted by atomic mass is 10.1. The molecule has 0 spiro atoms. The van der Waals surface area contributed by atoms with Crippen molar-refractivity contribution >= 4 is 17.3 Å². The molecule has 1 saturated heterocycles. The Kier molecular flexibility index (Phi) is 6.29. The van der Waals surface area contributed by atoms with Crippen LogP contribution in [0.25, 0.3) is 0 Å². The average Bonchev–Trinajstić information content (AvgIpc) is 3.22. The molecule has 2 aromatic carbocycles. The fourth-order valence-corrected chi connectivity index (χ4v) is 3.40. The smallest absolute Gasteiger partial charge is 0.255 e. The molecule has 0 aromatic heterocycles. The van der Waals surface area contributed by atoms with Crippen molar-refractivity contribution < 1.29 is 4.79 Å². The number of carbonyl (C=O) groups excluding carboxylic acids is 1. The topological polar surface area (TPSA) is 35.6 Å². The Balaban J connectivity index is 1.58. The Morgan fingerprint density at radius 2 is 1.58 bits per heavy atom. The number of amides is 1. The Hall–Kier alpha value is -2.33. The SMILES string of the molecule is CCN(CC)Cc1ccc(C(=O)Nc2ccc(N3CCCC3)cc2)cc1. The minimum Gasteiger partial charge on any atom is -0.372 e. The van der Waals surface area contributed by atoms with E-state index in [4.69, 9.17) is 0 Å². The van der Waals surface area contributed by atoms with Gasteiger partial charge in [-0.2, -0.15) is 0 Å². The van der Waals surface area contributed by atoms with E-state index in [0.717, 1.165) is 38.4 Å². The minimum absolute atomic E-state index is 0.0617. The Labute approximate surface area is 156 Å². The molecule has 1 aliphatic heterocycles. The van der Waals surface area contributed by atoms with E-state index in [1.165, 1.54) is 24.1 Å². The van der Waals surface area contributed by atoms with Crippen LogP contribution >= 0.6 is 0 Å². The zero-order valence-electron chi connectivity index (χ0n) is 15.9. The number of anilines is 2. The highest BCUT2D eigenvalue weighted by Gasteiger charge is 2.12. The maximum atomic E-state index is 12.5. The van der Waals surface area contributed by atoms with Gasteiger partial charge in [0.05, 0.1) is 0 Å². The second-order valence-corrected chi connectivity index (χ2v) is 6.85. The van der Waals surface area contributed by atoms with Crippen molar-refractivity contribution in [3.05, 3.63) is 59.7 Å². The van der Waals surface area contributed by atoms with E-state index in [0.29, 0.717) is 5.56 Å². The quantitative estimate of drug-likeness (QED) is 0.804. The summed E-state index contributed by atoms with van der Waals surface area (Å²) in [5, 5.41) is 2.99. The molecule has 4 heteroatoms. The maximum Gasteiger partial charge on any atom is 0.255 e. The highest BCUT2D eigenvalue weighted by atomic mass is 16.1. The molecule has 1 amide bonds. The zero-order chi connectivity index (χ0) is 18.4. The number of rotatable bonds is 7. The van der Waals surface area contributed by atoms with E-state index < -0.39 is 0 Å². The number of hydrogen-bond donors (Lipinski definition) is 1. The van der Waals surface area contributed by atoms with Gasteiger partial charge in [-0.3, -0.25) is 9.69 Å². The van der Waals surface area contributed by atoms with Crippen molar-refractivity contribution in [2.75, 3.05) is 36.4 Å². The average molecular weight is 351 g/mol. The normalized spacial score (nSPS) is 14.0. The Bertz CT molecular complexity index is 699. The van der Waals surface area contributed by atoms with Crippen molar-refractivity contribution in [3.63, 3.8) is 0 Å². The lowest BCUT2D eigenvalue weighted by molar-refractivity contribution is 0.102. The maximum absolute atomic E-state index is 12.5. The van der Waals surface area contributed by atoms with Gasteiger partial charge in [-0.05, 0) is 67.9 Å². The standard InChI is InChI=1S/C22H29N3O/c1-3-24(4-2)17-18-7-9-19(10-8-18)22(26)23-20-11-13-21(14-12-20)25-15-5-6-16-25/h7-14H,3-6,15-17H2,1-2H3,(H,23,26). The van der Waals surface area contributed by atoms with E-state index in [2.05, 4.69) is 41.1 Å². The monoisotopic (exact) mass is 351 g/mol. The van der Waals surface area contributed by atoms with Gasteiger partial charge in [-0.15, -0.1) is 0 Å².